The molecule has 3 aromatic rings. The molecule has 3 rings (SSSR count). The Bertz CT molecular complexity index is 856. The number of carbonyl (C=O) groups is 1. The average molecular weight is 473 g/mol. The summed E-state index contributed by atoms with van der Waals surface area (Å²) in [7, 11) is 0. The fourth-order valence-electron chi connectivity index (χ4n) is 1.85. The summed E-state index contributed by atoms with van der Waals surface area (Å²) >= 11 is 20.5. The van der Waals surface area contributed by atoms with Crippen molar-refractivity contribution in [3.8, 4) is 0 Å². The van der Waals surface area contributed by atoms with Crippen molar-refractivity contribution in [2.24, 2.45) is 0 Å². The van der Waals surface area contributed by atoms with Gasteiger partial charge in [-0.15, -0.1) is 0 Å². The second-order valence-electron chi connectivity index (χ2n) is 5.12. The number of pyridine rings is 1. The maximum Gasteiger partial charge on any atom is 0.150 e. The Morgan fingerprint density at radius 3 is 2.00 bits per heavy atom. The highest BCUT2D eigenvalue weighted by Gasteiger charge is 2.00. The number of nitrogens with one attached hydrogen (secondary N) is 1. The van der Waals surface area contributed by atoms with E-state index in [1.165, 1.54) is 0 Å². The first-order valence-corrected chi connectivity index (χ1v) is 9.41. The highest BCUT2D eigenvalue weighted by atomic mass is 79.9. The molecule has 0 aliphatic rings. The number of carbonyl (C=O) groups excluding carboxylic acids is 1. The third-order valence-corrected chi connectivity index (χ3v) is 4.84. The molecule has 0 atom stereocenters. The van der Waals surface area contributed by atoms with E-state index in [4.69, 9.17) is 34.8 Å². The van der Waals surface area contributed by atoms with Gasteiger partial charge in [0.05, 0.1) is 5.02 Å². The lowest BCUT2D eigenvalue weighted by molar-refractivity contribution is 0.112. The van der Waals surface area contributed by atoms with E-state index in [1.54, 1.807) is 30.3 Å². The summed E-state index contributed by atoms with van der Waals surface area (Å²) in [6, 6.07) is 18.0. The zero-order valence-corrected chi connectivity index (χ0v) is 17.3. The Kier molecular flexibility index (Phi) is 8.39. The molecule has 134 valence electrons. The van der Waals surface area contributed by atoms with Gasteiger partial charge in [0.1, 0.15) is 16.7 Å². The molecule has 0 bridgehead atoms. The Labute approximate surface area is 175 Å². The summed E-state index contributed by atoms with van der Waals surface area (Å²) in [5, 5.41) is 5.20. The zero-order chi connectivity index (χ0) is 18.9. The number of nitrogens with zero attached hydrogens (tertiary/aromatic N) is 1. The standard InChI is InChI=1S/C12H9BrCl2N2.C7H5ClO/c13-12-10(15)5-6-11(17-12)16-7-8-1-3-9(14)4-2-8;8-7-3-1-6(5-9)2-4-7/h1-6H,7H2,(H,16,17);1-5H. The molecule has 0 aliphatic carbocycles. The maximum absolute atomic E-state index is 10.1. The van der Waals surface area contributed by atoms with Crippen LogP contribution in [0.5, 0.6) is 0 Å². The van der Waals surface area contributed by atoms with Crippen molar-refractivity contribution in [1.82, 2.24) is 4.98 Å². The molecule has 0 amide bonds. The van der Waals surface area contributed by atoms with Crippen LogP contribution < -0.4 is 5.32 Å². The molecule has 0 unspecified atom stereocenters. The minimum Gasteiger partial charge on any atom is -0.366 e. The average Bonchev–Trinajstić information content (AvgIpc) is 2.65. The van der Waals surface area contributed by atoms with Gasteiger partial charge in [-0.2, -0.15) is 0 Å². The van der Waals surface area contributed by atoms with Gasteiger partial charge in [0.25, 0.3) is 0 Å². The van der Waals surface area contributed by atoms with Crippen molar-refractivity contribution in [2.45, 2.75) is 6.54 Å². The fraction of sp³-hybridized carbons (Fsp3) is 0.0526. The lowest BCUT2D eigenvalue weighted by Crippen LogP contribution is -2.01. The van der Waals surface area contributed by atoms with Crippen LogP contribution in [-0.4, -0.2) is 11.3 Å². The number of hydrogen-bond donors (Lipinski definition) is 1. The Hall–Kier alpha value is -1.59. The predicted octanol–water partition coefficient (Wildman–Crippen LogP) is 6.92. The van der Waals surface area contributed by atoms with Crippen molar-refractivity contribution in [1.29, 1.82) is 0 Å². The molecule has 3 nitrogen and oxygen atoms in total. The largest absolute Gasteiger partial charge is 0.366 e. The van der Waals surface area contributed by atoms with Crippen molar-refractivity contribution in [3.05, 3.63) is 91.5 Å². The first-order chi connectivity index (χ1) is 12.5. The van der Waals surface area contributed by atoms with Gasteiger partial charge < -0.3 is 5.32 Å². The molecule has 26 heavy (non-hydrogen) atoms. The molecule has 2 aromatic carbocycles. The Balaban J connectivity index is 0.000000228. The number of rotatable bonds is 4. The molecule has 0 radical (unpaired) electrons. The van der Waals surface area contributed by atoms with Crippen molar-refractivity contribution < 1.29 is 4.79 Å². The molecular formula is C19H14BrCl3N2O. The molecule has 0 aliphatic heterocycles. The van der Waals surface area contributed by atoms with E-state index in [9.17, 15) is 4.79 Å². The number of benzene rings is 2. The van der Waals surface area contributed by atoms with E-state index in [-0.39, 0.29) is 0 Å². The second-order valence-corrected chi connectivity index (χ2v) is 7.15. The minimum absolute atomic E-state index is 0.599. The highest BCUT2D eigenvalue weighted by molar-refractivity contribution is 9.10. The first kappa shape index (κ1) is 20.7. The number of hydrogen-bond acceptors (Lipinski definition) is 3. The second kappa shape index (κ2) is 10.5. The van der Waals surface area contributed by atoms with Crippen LogP contribution in [0.4, 0.5) is 5.82 Å². The van der Waals surface area contributed by atoms with E-state index in [0.29, 0.717) is 26.8 Å². The van der Waals surface area contributed by atoms with Crippen LogP contribution in [0.2, 0.25) is 15.1 Å². The van der Waals surface area contributed by atoms with Gasteiger partial charge in [0.2, 0.25) is 0 Å². The normalized spacial score (nSPS) is 9.85. The molecule has 7 heteroatoms. The first-order valence-electron chi connectivity index (χ1n) is 7.49. The summed E-state index contributed by atoms with van der Waals surface area (Å²) in [5.41, 5.74) is 1.79. The molecule has 1 heterocycles. The van der Waals surface area contributed by atoms with E-state index in [2.05, 4.69) is 26.2 Å². The van der Waals surface area contributed by atoms with E-state index in [0.717, 1.165) is 22.7 Å². The van der Waals surface area contributed by atoms with Crippen LogP contribution in [-0.2, 0) is 6.54 Å². The van der Waals surface area contributed by atoms with Crippen LogP contribution in [0.3, 0.4) is 0 Å². The molecule has 0 saturated carbocycles. The van der Waals surface area contributed by atoms with Gasteiger partial charge in [-0.1, -0.05) is 59.1 Å². The highest BCUT2D eigenvalue weighted by Crippen LogP contribution is 2.22. The predicted molar refractivity (Wildman–Crippen MR) is 113 cm³/mol. The van der Waals surface area contributed by atoms with Gasteiger partial charge in [-0.3, -0.25) is 4.79 Å². The van der Waals surface area contributed by atoms with Gasteiger partial charge in [-0.25, -0.2) is 4.98 Å². The van der Waals surface area contributed by atoms with Crippen LogP contribution in [0.25, 0.3) is 0 Å². The molecule has 1 aromatic heterocycles. The summed E-state index contributed by atoms with van der Waals surface area (Å²) < 4.78 is 0.639. The topological polar surface area (TPSA) is 42.0 Å². The Morgan fingerprint density at radius 2 is 1.46 bits per heavy atom. The lowest BCUT2D eigenvalue weighted by Gasteiger charge is -2.06. The van der Waals surface area contributed by atoms with Crippen molar-refractivity contribution in [2.75, 3.05) is 5.32 Å². The molecule has 0 saturated heterocycles. The monoisotopic (exact) mass is 470 g/mol. The van der Waals surface area contributed by atoms with Crippen molar-refractivity contribution in [3.63, 3.8) is 0 Å². The summed E-state index contributed by atoms with van der Waals surface area (Å²) in [6.45, 7) is 0.693. The van der Waals surface area contributed by atoms with Gasteiger partial charge in [0.15, 0.2) is 0 Å². The van der Waals surface area contributed by atoms with Crippen LogP contribution in [0.1, 0.15) is 15.9 Å². The molecule has 1 N–H and O–H groups in total. The SMILES string of the molecule is Clc1ccc(CNc2ccc(Cl)c(Br)n2)cc1.O=Cc1ccc(Cl)cc1. The lowest BCUT2D eigenvalue weighted by atomic mass is 10.2. The minimum atomic E-state index is 0.599. The van der Waals surface area contributed by atoms with Crippen LogP contribution >= 0.6 is 50.7 Å². The van der Waals surface area contributed by atoms with E-state index < -0.39 is 0 Å². The third kappa shape index (κ3) is 6.96. The van der Waals surface area contributed by atoms with Crippen LogP contribution in [0, 0.1) is 0 Å². The number of aldehydes is 1. The third-order valence-electron chi connectivity index (χ3n) is 3.20. The smallest absolute Gasteiger partial charge is 0.150 e. The zero-order valence-electron chi connectivity index (χ0n) is 13.4. The van der Waals surface area contributed by atoms with Gasteiger partial charge >= 0.3 is 0 Å². The Morgan fingerprint density at radius 1 is 0.885 bits per heavy atom. The quantitative estimate of drug-likeness (QED) is 0.331. The molecule has 0 spiro atoms. The van der Waals surface area contributed by atoms with Gasteiger partial charge in [-0.05, 0) is 57.9 Å². The van der Waals surface area contributed by atoms with Crippen molar-refractivity contribution >= 4 is 62.8 Å². The molecule has 0 fully saturated rings. The van der Waals surface area contributed by atoms with E-state index >= 15 is 0 Å². The molecular weight excluding hydrogens is 458 g/mol. The number of aromatic nitrogens is 1. The maximum atomic E-state index is 10.1. The summed E-state index contributed by atoms with van der Waals surface area (Å²) in [5.74, 6) is 0.774. The van der Waals surface area contributed by atoms with E-state index in [1.807, 2.05) is 30.3 Å². The number of anilines is 1. The van der Waals surface area contributed by atoms with Crippen LogP contribution in [0.15, 0.2) is 65.3 Å². The summed E-state index contributed by atoms with van der Waals surface area (Å²) in [6.07, 6.45) is 0.788. The number of halogens is 4. The summed E-state index contributed by atoms with van der Waals surface area (Å²) in [4.78, 5) is 14.3. The fourth-order valence-corrected chi connectivity index (χ4v) is 2.53. The van der Waals surface area contributed by atoms with Gasteiger partial charge in [0, 0.05) is 22.2 Å².